The zero-order valence-electron chi connectivity index (χ0n) is 10.5. The Hall–Kier alpha value is -1.91. The minimum absolute atomic E-state index is 0.0856. The summed E-state index contributed by atoms with van der Waals surface area (Å²) in [6, 6.07) is 12.6. The van der Waals surface area contributed by atoms with Crippen LogP contribution in [-0.4, -0.2) is 11.0 Å². The maximum atomic E-state index is 8.59. The average Bonchev–Trinajstić information content (AvgIpc) is 2.48. The van der Waals surface area contributed by atoms with E-state index in [9.17, 15) is 0 Å². The van der Waals surface area contributed by atoms with E-state index in [0.717, 1.165) is 11.3 Å². The molecule has 0 unspecified atom stereocenters. The standard InChI is InChI=1S/C14H13Cl2N3O/c15-11-5-6-12(16)13(7-11)18-8-9-1-3-10(4-2-9)14(17)19-20/h1-7,18,20H,8H2,(H2,17,19). The molecule has 2 aromatic rings. The van der Waals surface area contributed by atoms with Crippen LogP contribution in [0.15, 0.2) is 47.6 Å². The number of rotatable bonds is 4. The molecule has 0 atom stereocenters. The first-order valence-electron chi connectivity index (χ1n) is 5.86. The van der Waals surface area contributed by atoms with Crippen LogP contribution in [-0.2, 0) is 6.54 Å². The van der Waals surface area contributed by atoms with E-state index in [1.54, 1.807) is 30.3 Å². The van der Waals surface area contributed by atoms with E-state index in [1.165, 1.54) is 0 Å². The monoisotopic (exact) mass is 309 g/mol. The van der Waals surface area contributed by atoms with Crippen molar-refractivity contribution in [2.75, 3.05) is 5.32 Å². The summed E-state index contributed by atoms with van der Waals surface area (Å²) in [6.07, 6.45) is 0. The molecule has 0 radical (unpaired) electrons. The summed E-state index contributed by atoms with van der Waals surface area (Å²) in [5, 5.41) is 16.0. The summed E-state index contributed by atoms with van der Waals surface area (Å²) >= 11 is 12.0. The van der Waals surface area contributed by atoms with Crippen molar-refractivity contribution in [3.05, 3.63) is 63.6 Å². The van der Waals surface area contributed by atoms with Crippen LogP contribution in [0.3, 0.4) is 0 Å². The number of halogens is 2. The van der Waals surface area contributed by atoms with Crippen LogP contribution in [0.25, 0.3) is 0 Å². The second kappa shape index (κ2) is 6.50. The first kappa shape index (κ1) is 14.5. The fourth-order valence-corrected chi connectivity index (χ4v) is 2.04. The molecule has 4 nitrogen and oxygen atoms in total. The van der Waals surface area contributed by atoms with Gasteiger partial charge in [-0.25, -0.2) is 0 Å². The smallest absolute Gasteiger partial charge is 0.170 e. The van der Waals surface area contributed by atoms with Crippen LogP contribution in [0.5, 0.6) is 0 Å². The highest BCUT2D eigenvalue weighted by Gasteiger charge is 2.02. The highest BCUT2D eigenvalue weighted by Crippen LogP contribution is 2.25. The van der Waals surface area contributed by atoms with E-state index in [2.05, 4.69) is 10.5 Å². The van der Waals surface area contributed by atoms with Gasteiger partial charge in [0.2, 0.25) is 0 Å². The minimum atomic E-state index is 0.0856. The van der Waals surface area contributed by atoms with Gasteiger partial charge in [0.1, 0.15) is 0 Å². The number of hydrogen-bond donors (Lipinski definition) is 3. The lowest BCUT2D eigenvalue weighted by molar-refractivity contribution is 0.318. The third-order valence-corrected chi connectivity index (χ3v) is 3.33. The molecule has 0 bridgehead atoms. The number of nitrogens with zero attached hydrogens (tertiary/aromatic N) is 1. The van der Waals surface area contributed by atoms with Crippen LogP contribution >= 0.6 is 23.2 Å². The molecule has 2 rings (SSSR count). The minimum Gasteiger partial charge on any atom is -0.409 e. The predicted octanol–water partition coefficient (Wildman–Crippen LogP) is 3.70. The lowest BCUT2D eigenvalue weighted by Gasteiger charge is -2.09. The molecular weight excluding hydrogens is 297 g/mol. The Bertz CT molecular complexity index is 627. The molecule has 0 fully saturated rings. The van der Waals surface area contributed by atoms with Crippen LogP contribution in [0, 0.1) is 0 Å². The number of hydrogen-bond acceptors (Lipinski definition) is 3. The first-order chi connectivity index (χ1) is 9.60. The van der Waals surface area contributed by atoms with Gasteiger partial charge in [0.15, 0.2) is 5.84 Å². The topological polar surface area (TPSA) is 70.6 Å². The van der Waals surface area contributed by atoms with Gasteiger partial charge in [-0.1, -0.05) is 52.6 Å². The molecule has 0 amide bonds. The summed E-state index contributed by atoms with van der Waals surface area (Å²) in [6.45, 7) is 0.594. The van der Waals surface area contributed by atoms with Gasteiger partial charge in [-0.05, 0) is 23.8 Å². The molecule has 0 aromatic heterocycles. The van der Waals surface area contributed by atoms with E-state index in [0.29, 0.717) is 22.2 Å². The highest BCUT2D eigenvalue weighted by atomic mass is 35.5. The van der Waals surface area contributed by atoms with Crippen LogP contribution in [0.1, 0.15) is 11.1 Å². The van der Waals surface area contributed by atoms with Gasteiger partial charge in [-0.3, -0.25) is 0 Å². The molecule has 0 spiro atoms. The normalized spacial score (nSPS) is 11.4. The Morgan fingerprint density at radius 2 is 1.85 bits per heavy atom. The average molecular weight is 310 g/mol. The lowest BCUT2D eigenvalue weighted by Crippen LogP contribution is -2.13. The third kappa shape index (κ3) is 3.56. The van der Waals surface area contributed by atoms with Crippen LogP contribution in [0.4, 0.5) is 5.69 Å². The molecule has 0 aliphatic carbocycles. The van der Waals surface area contributed by atoms with Gasteiger partial charge in [0.05, 0.1) is 10.7 Å². The molecule has 0 saturated carbocycles. The Balaban J connectivity index is 2.06. The Labute approximate surface area is 126 Å². The van der Waals surface area contributed by atoms with Crippen molar-refractivity contribution in [2.24, 2.45) is 10.9 Å². The van der Waals surface area contributed by atoms with E-state index in [1.807, 2.05) is 12.1 Å². The highest BCUT2D eigenvalue weighted by molar-refractivity contribution is 6.35. The number of oxime groups is 1. The second-order valence-electron chi connectivity index (χ2n) is 4.16. The van der Waals surface area contributed by atoms with Crippen LogP contribution < -0.4 is 11.1 Å². The Kier molecular flexibility index (Phi) is 4.71. The summed E-state index contributed by atoms with van der Waals surface area (Å²) in [5.41, 5.74) is 7.98. The first-order valence-corrected chi connectivity index (χ1v) is 6.61. The number of nitrogens with two attached hydrogens (primary N) is 1. The van der Waals surface area contributed by atoms with E-state index < -0.39 is 0 Å². The van der Waals surface area contributed by atoms with Gasteiger partial charge in [-0.2, -0.15) is 0 Å². The number of benzene rings is 2. The number of nitrogens with one attached hydrogen (secondary N) is 1. The van der Waals surface area contributed by atoms with Crippen molar-refractivity contribution in [3.63, 3.8) is 0 Å². The maximum Gasteiger partial charge on any atom is 0.170 e. The van der Waals surface area contributed by atoms with Crippen molar-refractivity contribution in [3.8, 4) is 0 Å². The van der Waals surface area contributed by atoms with E-state index in [4.69, 9.17) is 34.1 Å². The Morgan fingerprint density at radius 1 is 1.15 bits per heavy atom. The summed E-state index contributed by atoms with van der Waals surface area (Å²) < 4.78 is 0. The van der Waals surface area contributed by atoms with Gasteiger partial charge < -0.3 is 16.3 Å². The summed E-state index contributed by atoms with van der Waals surface area (Å²) in [4.78, 5) is 0. The summed E-state index contributed by atoms with van der Waals surface area (Å²) in [7, 11) is 0. The van der Waals surface area contributed by atoms with E-state index in [-0.39, 0.29) is 5.84 Å². The molecule has 2 aromatic carbocycles. The van der Waals surface area contributed by atoms with Crippen molar-refractivity contribution in [2.45, 2.75) is 6.54 Å². The number of anilines is 1. The largest absolute Gasteiger partial charge is 0.409 e. The molecule has 0 heterocycles. The van der Waals surface area contributed by atoms with E-state index >= 15 is 0 Å². The third-order valence-electron chi connectivity index (χ3n) is 2.77. The Morgan fingerprint density at radius 3 is 2.50 bits per heavy atom. The van der Waals surface area contributed by atoms with Crippen molar-refractivity contribution >= 4 is 34.7 Å². The lowest BCUT2D eigenvalue weighted by atomic mass is 10.1. The van der Waals surface area contributed by atoms with Crippen molar-refractivity contribution in [1.82, 2.24) is 0 Å². The molecule has 0 saturated heterocycles. The molecular formula is C14H13Cl2N3O. The zero-order valence-corrected chi connectivity index (χ0v) is 12.0. The quantitative estimate of drug-likeness (QED) is 0.349. The molecule has 6 heteroatoms. The maximum absolute atomic E-state index is 8.59. The fraction of sp³-hybridized carbons (Fsp3) is 0.0714. The molecule has 0 aliphatic rings. The fourth-order valence-electron chi connectivity index (χ4n) is 1.68. The van der Waals surface area contributed by atoms with Crippen molar-refractivity contribution in [1.29, 1.82) is 0 Å². The molecule has 20 heavy (non-hydrogen) atoms. The second-order valence-corrected chi connectivity index (χ2v) is 5.00. The SMILES string of the molecule is NC(=NO)c1ccc(CNc2cc(Cl)ccc2Cl)cc1. The van der Waals surface area contributed by atoms with Crippen LogP contribution in [0.2, 0.25) is 10.0 Å². The van der Waals surface area contributed by atoms with Gasteiger partial charge in [-0.15, -0.1) is 0 Å². The molecule has 4 N–H and O–H groups in total. The molecule has 0 aliphatic heterocycles. The zero-order chi connectivity index (χ0) is 14.5. The molecule has 104 valence electrons. The van der Waals surface area contributed by atoms with Crippen molar-refractivity contribution < 1.29 is 5.21 Å². The van der Waals surface area contributed by atoms with Gasteiger partial charge in [0, 0.05) is 17.1 Å². The number of amidine groups is 1. The predicted molar refractivity (Wildman–Crippen MR) is 82.7 cm³/mol. The summed E-state index contributed by atoms with van der Waals surface area (Å²) in [5.74, 6) is 0.0856. The van der Waals surface area contributed by atoms with Gasteiger partial charge in [0.25, 0.3) is 0 Å². The van der Waals surface area contributed by atoms with Gasteiger partial charge >= 0.3 is 0 Å².